The van der Waals surface area contributed by atoms with Crippen LogP contribution in [0.5, 0.6) is 0 Å². The number of aliphatic hydroxyl groups excluding tert-OH is 1. The summed E-state index contributed by atoms with van der Waals surface area (Å²) in [4.78, 5) is 12.0. The minimum absolute atomic E-state index is 0.0368. The van der Waals surface area contributed by atoms with Crippen LogP contribution < -0.4 is 5.32 Å². The molecule has 0 heterocycles. The number of benzene rings is 1. The molecular formula is C12H15BrClNO2. The van der Waals surface area contributed by atoms with Crippen molar-refractivity contribution in [1.82, 2.24) is 5.32 Å². The van der Waals surface area contributed by atoms with E-state index in [0.29, 0.717) is 21.5 Å². The number of halogens is 2. The molecule has 0 atom stereocenters. The highest BCUT2D eigenvalue weighted by Gasteiger charge is 2.21. The summed E-state index contributed by atoms with van der Waals surface area (Å²) in [5.41, 5.74) is 0.0886. The van der Waals surface area contributed by atoms with Gasteiger partial charge >= 0.3 is 0 Å². The molecule has 3 nitrogen and oxygen atoms in total. The van der Waals surface area contributed by atoms with Gasteiger partial charge in [-0.05, 0) is 54.4 Å². The zero-order chi connectivity index (χ0) is 13.1. The van der Waals surface area contributed by atoms with E-state index in [0.717, 1.165) is 0 Å². The molecule has 1 rings (SSSR count). The van der Waals surface area contributed by atoms with Crippen LogP contribution in [-0.2, 0) is 0 Å². The number of amides is 1. The topological polar surface area (TPSA) is 49.3 Å². The summed E-state index contributed by atoms with van der Waals surface area (Å²) in [7, 11) is 0. The normalized spacial score (nSPS) is 11.4. The quantitative estimate of drug-likeness (QED) is 0.896. The van der Waals surface area contributed by atoms with Gasteiger partial charge in [0.15, 0.2) is 0 Å². The third kappa shape index (κ3) is 4.30. The van der Waals surface area contributed by atoms with E-state index >= 15 is 0 Å². The van der Waals surface area contributed by atoms with Gasteiger partial charge in [0.1, 0.15) is 0 Å². The summed E-state index contributed by atoms with van der Waals surface area (Å²) in [6.07, 6.45) is 0.504. The summed E-state index contributed by atoms with van der Waals surface area (Å²) in [6.45, 7) is 3.77. The van der Waals surface area contributed by atoms with Gasteiger partial charge in [0.2, 0.25) is 0 Å². The Hall–Kier alpha value is -0.580. The molecule has 5 heteroatoms. The van der Waals surface area contributed by atoms with Crippen molar-refractivity contribution in [3.63, 3.8) is 0 Å². The van der Waals surface area contributed by atoms with Gasteiger partial charge in [-0.15, -0.1) is 0 Å². The molecule has 0 aliphatic carbocycles. The first-order valence-electron chi connectivity index (χ1n) is 5.24. The molecule has 0 saturated heterocycles. The third-order valence-electron chi connectivity index (χ3n) is 2.36. The Morgan fingerprint density at radius 2 is 2.18 bits per heavy atom. The lowest BCUT2D eigenvalue weighted by Gasteiger charge is -2.25. The van der Waals surface area contributed by atoms with Gasteiger partial charge in [0.25, 0.3) is 5.91 Å². The van der Waals surface area contributed by atoms with Gasteiger partial charge in [-0.3, -0.25) is 4.79 Å². The predicted molar refractivity (Wildman–Crippen MR) is 72.4 cm³/mol. The molecule has 0 aliphatic rings. The van der Waals surface area contributed by atoms with Crippen molar-refractivity contribution in [3.8, 4) is 0 Å². The first kappa shape index (κ1) is 14.5. The van der Waals surface area contributed by atoms with Gasteiger partial charge < -0.3 is 10.4 Å². The summed E-state index contributed by atoms with van der Waals surface area (Å²) >= 11 is 9.11. The lowest BCUT2D eigenvalue weighted by Crippen LogP contribution is -2.44. The lowest BCUT2D eigenvalue weighted by molar-refractivity contribution is 0.0898. The Morgan fingerprint density at radius 1 is 1.53 bits per heavy atom. The smallest absolute Gasteiger partial charge is 0.252 e. The van der Waals surface area contributed by atoms with Crippen LogP contribution in [0.4, 0.5) is 0 Å². The van der Waals surface area contributed by atoms with Gasteiger partial charge in [0.05, 0.1) is 5.56 Å². The highest BCUT2D eigenvalue weighted by atomic mass is 79.9. The second-order valence-electron chi connectivity index (χ2n) is 4.44. The van der Waals surface area contributed by atoms with E-state index < -0.39 is 5.54 Å². The van der Waals surface area contributed by atoms with Crippen molar-refractivity contribution < 1.29 is 9.90 Å². The van der Waals surface area contributed by atoms with Crippen molar-refractivity contribution in [2.75, 3.05) is 6.61 Å². The van der Waals surface area contributed by atoms with Gasteiger partial charge in [-0.2, -0.15) is 0 Å². The number of hydrogen-bond donors (Lipinski definition) is 2. The standard InChI is InChI=1S/C12H15BrClNO2/c1-12(2,5-6-16)15-11(17)9-4-3-8(14)7-10(9)13/h3-4,7,16H,5-6H2,1-2H3,(H,15,17). The molecule has 0 spiro atoms. The highest BCUT2D eigenvalue weighted by molar-refractivity contribution is 9.10. The third-order valence-corrected chi connectivity index (χ3v) is 3.26. The molecule has 17 heavy (non-hydrogen) atoms. The fourth-order valence-corrected chi connectivity index (χ4v) is 2.25. The average molecular weight is 321 g/mol. The van der Waals surface area contributed by atoms with Crippen LogP contribution in [0.3, 0.4) is 0 Å². The summed E-state index contributed by atoms with van der Waals surface area (Å²) < 4.78 is 0.655. The van der Waals surface area contributed by atoms with E-state index in [1.165, 1.54) is 0 Å². The number of carbonyl (C=O) groups excluding carboxylic acids is 1. The molecule has 0 bridgehead atoms. The number of hydrogen-bond acceptors (Lipinski definition) is 2. The van der Waals surface area contributed by atoms with Crippen molar-refractivity contribution in [3.05, 3.63) is 33.3 Å². The molecule has 2 N–H and O–H groups in total. The molecule has 1 amide bonds. The van der Waals surface area contributed by atoms with Crippen LogP contribution in [0.25, 0.3) is 0 Å². The van der Waals surface area contributed by atoms with E-state index in [9.17, 15) is 4.79 Å². The summed E-state index contributed by atoms with van der Waals surface area (Å²) in [5.74, 6) is -0.188. The Bertz CT molecular complexity index is 421. The van der Waals surface area contributed by atoms with Crippen LogP contribution in [0.2, 0.25) is 5.02 Å². The molecule has 94 valence electrons. The monoisotopic (exact) mass is 319 g/mol. The van der Waals surface area contributed by atoms with Gasteiger partial charge in [-0.1, -0.05) is 11.6 Å². The van der Waals surface area contributed by atoms with Crippen LogP contribution in [0.15, 0.2) is 22.7 Å². The molecule has 0 fully saturated rings. The molecule has 0 aliphatic heterocycles. The second-order valence-corrected chi connectivity index (χ2v) is 5.73. The molecule has 0 saturated carbocycles. The molecule has 0 unspecified atom stereocenters. The molecule has 0 aromatic heterocycles. The van der Waals surface area contributed by atoms with E-state index in [1.54, 1.807) is 18.2 Å². The zero-order valence-electron chi connectivity index (χ0n) is 9.76. The van der Waals surface area contributed by atoms with Crippen molar-refractivity contribution >= 4 is 33.4 Å². The average Bonchev–Trinajstić information content (AvgIpc) is 2.15. The summed E-state index contributed by atoms with van der Waals surface area (Å²) in [5, 5.41) is 12.3. The Balaban J connectivity index is 2.83. The molecule has 1 aromatic rings. The lowest BCUT2D eigenvalue weighted by atomic mass is 10.0. The van der Waals surface area contributed by atoms with Crippen molar-refractivity contribution in [2.45, 2.75) is 25.8 Å². The Labute approximate surface area is 114 Å². The van der Waals surface area contributed by atoms with Gasteiger partial charge in [0, 0.05) is 21.6 Å². The van der Waals surface area contributed by atoms with E-state index in [4.69, 9.17) is 16.7 Å². The second kappa shape index (κ2) is 5.85. The maximum atomic E-state index is 12.0. The maximum absolute atomic E-state index is 12.0. The maximum Gasteiger partial charge on any atom is 0.252 e. The SMILES string of the molecule is CC(C)(CCO)NC(=O)c1ccc(Cl)cc1Br. The highest BCUT2D eigenvalue weighted by Crippen LogP contribution is 2.22. The fourth-order valence-electron chi connectivity index (χ4n) is 1.39. The van der Waals surface area contributed by atoms with Crippen LogP contribution in [0, 0.1) is 0 Å². The summed E-state index contributed by atoms with van der Waals surface area (Å²) in [6, 6.07) is 5.01. The van der Waals surface area contributed by atoms with E-state index in [-0.39, 0.29) is 12.5 Å². The zero-order valence-corrected chi connectivity index (χ0v) is 12.1. The van der Waals surface area contributed by atoms with Crippen molar-refractivity contribution in [2.24, 2.45) is 0 Å². The predicted octanol–water partition coefficient (Wildman–Crippen LogP) is 2.99. The van der Waals surface area contributed by atoms with Crippen LogP contribution >= 0.6 is 27.5 Å². The number of carbonyl (C=O) groups is 1. The molecule has 0 radical (unpaired) electrons. The number of nitrogens with one attached hydrogen (secondary N) is 1. The van der Waals surface area contributed by atoms with Crippen molar-refractivity contribution in [1.29, 1.82) is 0 Å². The minimum Gasteiger partial charge on any atom is -0.396 e. The van der Waals surface area contributed by atoms with E-state index in [2.05, 4.69) is 21.2 Å². The minimum atomic E-state index is -0.440. The van der Waals surface area contributed by atoms with Crippen LogP contribution in [-0.4, -0.2) is 23.2 Å². The van der Waals surface area contributed by atoms with E-state index in [1.807, 2.05) is 13.8 Å². The van der Waals surface area contributed by atoms with Gasteiger partial charge in [-0.25, -0.2) is 0 Å². The first-order valence-corrected chi connectivity index (χ1v) is 6.41. The van der Waals surface area contributed by atoms with Crippen LogP contribution in [0.1, 0.15) is 30.6 Å². The first-order chi connectivity index (χ1) is 7.85. The number of rotatable bonds is 4. The molecular weight excluding hydrogens is 305 g/mol. The Kier molecular flexibility index (Phi) is 4.98. The number of aliphatic hydroxyl groups is 1. The fraction of sp³-hybridized carbons (Fsp3) is 0.417. The largest absolute Gasteiger partial charge is 0.396 e. The Morgan fingerprint density at radius 3 is 2.71 bits per heavy atom. The molecule has 1 aromatic carbocycles.